The van der Waals surface area contributed by atoms with E-state index in [4.69, 9.17) is 4.74 Å². The van der Waals surface area contributed by atoms with Gasteiger partial charge in [0.2, 0.25) is 0 Å². The van der Waals surface area contributed by atoms with E-state index in [1.165, 1.54) is 69.8 Å². The lowest BCUT2D eigenvalue weighted by Gasteiger charge is -2.60. The second-order valence-corrected chi connectivity index (χ2v) is 10.9. The summed E-state index contributed by atoms with van der Waals surface area (Å²) in [7, 11) is 0. The number of fused-ring (bicyclic) bond motifs is 5. The van der Waals surface area contributed by atoms with E-state index >= 15 is 0 Å². The van der Waals surface area contributed by atoms with E-state index in [-0.39, 0.29) is 0 Å². The highest BCUT2D eigenvalue weighted by Crippen LogP contribution is 2.66. The summed E-state index contributed by atoms with van der Waals surface area (Å²) in [6, 6.07) is 10.7. The topological polar surface area (TPSA) is 9.23 Å². The fourth-order valence-corrected chi connectivity index (χ4v) is 8.15. The van der Waals surface area contributed by atoms with Crippen molar-refractivity contribution in [1.82, 2.24) is 0 Å². The molecule has 0 radical (unpaired) electrons. The minimum absolute atomic E-state index is 0.486. The van der Waals surface area contributed by atoms with Gasteiger partial charge in [0.05, 0.1) is 12.7 Å². The maximum atomic E-state index is 6.38. The van der Waals surface area contributed by atoms with E-state index in [2.05, 4.69) is 44.2 Å². The fraction of sp³-hybridized carbons (Fsp3) is 0.769. The Hall–Kier alpha value is -0.820. The first-order valence-electron chi connectivity index (χ1n) is 11.7. The van der Waals surface area contributed by atoms with Crippen molar-refractivity contribution < 1.29 is 4.74 Å². The van der Waals surface area contributed by atoms with Crippen LogP contribution >= 0.6 is 0 Å². The largest absolute Gasteiger partial charge is 0.374 e. The molecule has 4 aliphatic rings. The molecule has 1 nitrogen and oxygen atoms in total. The summed E-state index contributed by atoms with van der Waals surface area (Å²) in [4.78, 5) is 0. The molecule has 1 heteroatoms. The lowest BCUT2D eigenvalue weighted by Crippen LogP contribution is -2.53. The molecular formula is C26H38O. The van der Waals surface area contributed by atoms with Crippen molar-refractivity contribution in [2.24, 2.45) is 34.5 Å². The third-order valence-corrected chi connectivity index (χ3v) is 9.73. The smallest absolute Gasteiger partial charge is 0.0720 e. The molecule has 1 aromatic carbocycles. The molecule has 148 valence electrons. The van der Waals surface area contributed by atoms with Crippen LogP contribution in [0, 0.1) is 34.5 Å². The van der Waals surface area contributed by atoms with Crippen LogP contribution in [0.3, 0.4) is 0 Å². The fourth-order valence-electron chi connectivity index (χ4n) is 8.15. The predicted octanol–water partition coefficient (Wildman–Crippen LogP) is 7.00. The summed E-state index contributed by atoms with van der Waals surface area (Å²) in [6.07, 6.45) is 15.0. The molecule has 0 bridgehead atoms. The van der Waals surface area contributed by atoms with Crippen LogP contribution in [-0.2, 0) is 11.3 Å². The molecule has 1 aromatic rings. The van der Waals surface area contributed by atoms with Gasteiger partial charge in [-0.1, -0.05) is 50.6 Å². The molecule has 0 spiro atoms. The molecule has 4 saturated carbocycles. The van der Waals surface area contributed by atoms with Crippen molar-refractivity contribution >= 4 is 0 Å². The number of benzene rings is 1. The minimum atomic E-state index is 0.486. The average Bonchev–Trinajstić information content (AvgIpc) is 3.09. The zero-order valence-electron chi connectivity index (χ0n) is 17.5. The van der Waals surface area contributed by atoms with Gasteiger partial charge < -0.3 is 4.74 Å². The quantitative estimate of drug-likeness (QED) is 0.559. The van der Waals surface area contributed by atoms with Gasteiger partial charge >= 0.3 is 0 Å². The van der Waals surface area contributed by atoms with Crippen molar-refractivity contribution in [2.45, 2.75) is 90.8 Å². The van der Waals surface area contributed by atoms with Crippen LogP contribution in [0.25, 0.3) is 0 Å². The molecule has 4 aliphatic carbocycles. The number of hydrogen-bond donors (Lipinski definition) is 0. The molecule has 27 heavy (non-hydrogen) atoms. The van der Waals surface area contributed by atoms with E-state index in [1.54, 1.807) is 0 Å². The summed E-state index contributed by atoms with van der Waals surface area (Å²) >= 11 is 0. The van der Waals surface area contributed by atoms with Gasteiger partial charge in [-0.2, -0.15) is 0 Å². The zero-order chi connectivity index (χ0) is 18.5. The molecule has 0 aromatic heterocycles. The summed E-state index contributed by atoms with van der Waals surface area (Å²) in [5.74, 6) is 3.98. The summed E-state index contributed by atoms with van der Waals surface area (Å²) in [6.45, 7) is 6.10. The van der Waals surface area contributed by atoms with Gasteiger partial charge in [-0.25, -0.2) is 0 Å². The van der Waals surface area contributed by atoms with Gasteiger partial charge in [0.15, 0.2) is 0 Å². The van der Waals surface area contributed by atoms with E-state index in [9.17, 15) is 0 Å². The number of ether oxygens (including phenoxy) is 1. The van der Waals surface area contributed by atoms with Gasteiger partial charge in [-0.15, -0.1) is 0 Å². The molecule has 0 unspecified atom stereocenters. The Labute approximate surface area is 166 Å². The molecule has 0 heterocycles. The average molecular weight is 367 g/mol. The normalized spacial score (nSPS) is 46.4. The number of rotatable bonds is 3. The molecular weight excluding hydrogens is 328 g/mol. The third kappa shape index (κ3) is 3.09. The lowest BCUT2D eigenvalue weighted by molar-refractivity contribution is -0.131. The maximum Gasteiger partial charge on any atom is 0.0720 e. The Balaban J connectivity index is 1.25. The van der Waals surface area contributed by atoms with Crippen molar-refractivity contribution in [3.8, 4) is 0 Å². The molecule has 0 N–H and O–H groups in total. The van der Waals surface area contributed by atoms with Gasteiger partial charge in [0, 0.05) is 0 Å². The Morgan fingerprint density at radius 1 is 0.889 bits per heavy atom. The van der Waals surface area contributed by atoms with Crippen LogP contribution in [-0.4, -0.2) is 6.10 Å². The van der Waals surface area contributed by atoms with Crippen LogP contribution in [0.4, 0.5) is 0 Å². The van der Waals surface area contributed by atoms with Crippen LogP contribution in [0.1, 0.15) is 83.6 Å². The minimum Gasteiger partial charge on any atom is -0.374 e. The van der Waals surface area contributed by atoms with E-state index in [0.29, 0.717) is 16.9 Å². The Kier molecular flexibility index (Phi) is 4.66. The van der Waals surface area contributed by atoms with E-state index in [1.807, 2.05) is 0 Å². The molecule has 4 fully saturated rings. The Bertz CT molecular complexity index is 653. The standard InChI is InChI=1S/C26H38O/c1-25-14-6-9-23(25)22-11-10-20-17-21(27-18-19-7-4-3-5-8-19)12-16-26(20,2)24(22)13-15-25/h3-5,7-8,20-24H,6,9-18H2,1-2H3/t20-,21+,22-,23+,24-,25+,26+/m0/s1. The van der Waals surface area contributed by atoms with E-state index < -0.39 is 0 Å². The first kappa shape index (κ1) is 18.2. The molecule has 0 aliphatic heterocycles. The van der Waals surface area contributed by atoms with Gasteiger partial charge in [-0.3, -0.25) is 0 Å². The molecule has 0 saturated heterocycles. The van der Waals surface area contributed by atoms with Crippen molar-refractivity contribution in [1.29, 1.82) is 0 Å². The lowest BCUT2D eigenvalue weighted by atomic mass is 9.45. The highest BCUT2D eigenvalue weighted by Gasteiger charge is 2.57. The van der Waals surface area contributed by atoms with Crippen LogP contribution in [0.15, 0.2) is 30.3 Å². The summed E-state index contributed by atoms with van der Waals surface area (Å²) in [5.41, 5.74) is 2.61. The van der Waals surface area contributed by atoms with Gasteiger partial charge in [-0.05, 0) is 97.9 Å². The second-order valence-electron chi connectivity index (χ2n) is 10.9. The van der Waals surface area contributed by atoms with Crippen molar-refractivity contribution in [3.63, 3.8) is 0 Å². The highest BCUT2D eigenvalue weighted by molar-refractivity contribution is 5.13. The highest BCUT2D eigenvalue weighted by atomic mass is 16.5. The Morgan fingerprint density at radius 2 is 1.74 bits per heavy atom. The van der Waals surface area contributed by atoms with Crippen molar-refractivity contribution in [3.05, 3.63) is 35.9 Å². The third-order valence-electron chi connectivity index (χ3n) is 9.73. The van der Waals surface area contributed by atoms with Crippen LogP contribution in [0.5, 0.6) is 0 Å². The monoisotopic (exact) mass is 366 g/mol. The van der Waals surface area contributed by atoms with Crippen LogP contribution in [0.2, 0.25) is 0 Å². The predicted molar refractivity (Wildman–Crippen MR) is 111 cm³/mol. The first-order chi connectivity index (χ1) is 13.1. The maximum absolute atomic E-state index is 6.38. The summed E-state index contributed by atoms with van der Waals surface area (Å²) < 4.78 is 6.38. The van der Waals surface area contributed by atoms with Gasteiger partial charge in [0.1, 0.15) is 0 Å². The van der Waals surface area contributed by atoms with Gasteiger partial charge in [0.25, 0.3) is 0 Å². The molecule has 7 atom stereocenters. The number of hydrogen-bond acceptors (Lipinski definition) is 1. The van der Waals surface area contributed by atoms with E-state index in [0.717, 1.165) is 30.3 Å². The second kappa shape index (κ2) is 6.90. The summed E-state index contributed by atoms with van der Waals surface area (Å²) in [5, 5.41) is 0. The first-order valence-corrected chi connectivity index (χ1v) is 11.7. The van der Waals surface area contributed by atoms with Crippen LogP contribution < -0.4 is 0 Å². The molecule has 0 amide bonds. The SMILES string of the molecule is C[C@]12CCC[C@@H]1[C@@H]1CC[C@H]3C[C@H](OCc4ccccc4)CC[C@@]3(C)[C@H]1CC2. The Morgan fingerprint density at radius 3 is 2.59 bits per heavy atom. The zero-order valence-corrected chi connectivity index (χ0v) is 17.5. The molecule has 5 rings (SSSR count). The van der Waals surface area contributed by atoms with Crippen molar-refractivity contribution in [2.75, 3.05) is 0 Å².